The van der Waals surface area contributed by atoms with Gasteiger partial charge in [-0.2, -0.15) is 35.3 Å². The fraction of sp³-hybridized carbons (Fsp3) is 0.500. The Morgan fingerprint density at radius 2 is 1.57 bits per heavy atom. The van der Waals surface area contributed by atoms with Crippen molar-refractivity contribution >= 4 is 58.8 Å². The Balaban J connectivity index is 3.90. The third-order valence-electron chi connectivity index (χ3n) is 2.37. The molecule has 0 aliphatic carbocycles. The van der Waals surface area contributed by atoms with Gasteiger partial charge in [0.15, 0.2) is 0 Å². The number of thioether (sulfide) groups is 5. The maximum atomic E-state index is 3.98. The first-order valence-electron chi connectivity index (χ1n) is 6.70. The van der Waals surface area contributed by atoms with Gasteiger partial charge in [-0.1, -0.05) is 38.5 Å². The number of hydrogen-bond donors (Lipinski definition) is 0. The molecule has 0 fully saturated rings. The molecule has 0 saturated carbocycles. The zero-order valence-corrected chi connectivity index (χ0v) is 16.9. The molecule has 0 nitrogen and oxygen atoms in total. The fourth-order valence-corrected chi connectivity index (χ4v) is 6.37. The first kappa shape index (κ1) is 21.7. The van der Waals surface area contributed by atoms with Crippen LogP contribution in [-0.4, -0.2) is 46.0 Å². The third-order valence-corrected chi connectivity index (χ3v) is 8.35. The molecular formula is C16H26S5. The topological polar surface area (TPSA) is 0 Å². The van der Waals surface area contributed by atoms with Crippen molar-refractivity contribution in [2.24, 2.45) is 0 Å². The molecule has 0 spiro atoms. The van der Waals surface area contributed by atoms with Gasteiger partial charge < -0.3 is 0 Å². The molecule has 120 valence electrons. The van der Waals surface area contributed by atoms with Crippen LogP contribution in [0.1, 0.15) is 0 Å². The summed E-state index contributed by atoms with van der Waals surface area (Å²) in [7, 11) is 0. The monoisotopic (exact) mass is 378 g/mol. The molecule has 21 heavy (non-hydrogen) atoms. The van der Waals surface area contributed by atoms with Gasteiger partial charge in [0.1, 0.15) is 0 Å². The lowest BCUT2D eigenvalue weighted by Gasteiger charge is -2.16. The largest absolute Gasteiger partial charge is 0.165 e. The lowest BCUT2D eigenvalue weighted by Crippen LogP contribution is -2.12. The van der Waals surface area contributed by atoms with Crippen LogP contribution in [0.25, 0.3) is 0 Å². The molecule has 5 heteroatoms. The highest BCUT2D eigenvalue weighted by Gasteiger charge is 2.10. The second-order valence-corrected chi connectivity index (χ2v) is 9.97. The van der Waals surface area contributed by atoms with E-state index in [1.165, 1.54) is 23.0 Å². The summed E-state index contributed by atoms with van der Waals surface area (Å²) in [4.78, 5) is 2.15. The summed E-state index contributed by atoms with van der Waals surface area (Å²) in [6.45, 7) is 15.4. The van der Waals surface area contributed by atoms with Crippen molar-refractivity contribution in [1.29, 1.82) is 0 Å². The van der Waals surface area contributed by atoms with E-state index in [-0.39, 0.29) is 0 Å². The maximum Gasteiger partial charge on any atom is 0.0232 e. The lowest BCUT2D eigenvalue weighted by molar-refractivity contribution is 1.15. The van der Waals surface area contributed by atoms with E-state index in [0.717, 1.165) is 21.3 Å². The van der Waals surface area contributed by atoms with Crippen LogP contribution < -0.4 is 0 Å². The van der Waals surface area contributed by atoms with Crippen LogP contribution in [0.5, 0.6) is 0 Å². The molecule has 0 rings (SSSR count). The molecule has 0 bridgehead atoms. The highest BCUT2D eigenvalue weighted by Crippen LogP contribution is 2.26. The highest BCUT2D eigenvalue weighted by atomic mass is 32.2. The average Bonchev–Trinajstić information content (AvgIpc) is 2.50. The van der Waals surface area contributed by atoms with E-state index in [1.54, 1.807) is 11.8 Å². The minimum Gasteiger partial charge on any atom is -0.165 e. The van der Waals surface area contributed by atoms with Gasteiger partial charge in [0.25, 0.3) is 0 Å². The number of rotatable bonds is 15. The molecule has 0 radical (unpaired) electrons. The van der Waals surface area contributed by atoms with Crippen molar-refractivity contribution in [3.8, 4) is 0 Å². The van der Waals surface area contributed by atoms with E-state index < -0.39 is 0 Å². The van der Waals surface area contributed by atoms with E-state index in [2.05, 4.69) is 44.3 Å². The Labute approximate surface area is 152 Å². The standard InChI is InChI=1S/C16H26S5/c1-6-14(3)19-11-9-18-12-16(20-10-8-17-5)13-21-15(4)7-2/h6-7,16H,1-4,8-13H2,5H3. The summed E-state index contributed by atoms with van der Waals surface area (Å²) in [5.41, 5.74) is 0. The minimum absolute atomic E-state index is 0.691. The van der Waals surface area contributed by atoms with E-state index in [9.17, 15) is 0 Å². The van der Waals surface area contributed by atoms with Crippen molar-refractivity contribution in [1.82, 2.24) is 0 Å². The molecule has 0 amide bonds. The van der Waals surface area contributed by atoms with Crippen LogP contribution >= 0.6 is 58.8 Å². The van der Waals surface area contributed by atoms with E-state index in [0.29, 0.717) is 5.25 Å². The first-order valence-corrected chi connectivity index (χ1v) is 12.3. The maximum absolute atomic E-state index is 3.98. The summed E-state index contributed by atoms with van der Waals surface area (Å²) >= 11 is 9.67. The Morgan fingerprint density at radius 3 is 2.19 bits per heavy atom. The number of allylic oxidation sites excluding steroid dienone is 2. The van der Waals surface area contributed by atoms with E-state index in [4.69, 9.17) is 0 Å². The van der Waals surface area contributed by atoms with Crippen LogP contribution in [0.4, 0.5) is 0 Å². The van der Waals surface area contributed by atoms with Crippen molar-refractivity contribution < 1.29 is 0 Å². The highest BCUT2D eigenvalue weighted by molar-refractivity contribution is 8.08. The second kappa shape index (κ2) is 15.6. The molecule has 0 aliphatic rings. The Hall–Kier alpha value is 0.710. The zero-order chi connectivity index (χ0) is 15.9. The summed E-state index contributed by atoms with van der Waals surface area (Å²) in [6, 6.07) is 0. The second-order valence-electron chi connectivity index (χ2n) is 4.06. The smallest absolute Gasteiger partial charge is 0.0232 e. The van der Waals surface area contributed by atoms with Gasteiger partial charge in [0.05, 0.1) is 0 Å². The quantitative estimate of drug-likeness (QED) is 0.250. The van der Waals surface area contributed by atoms with Gasteiger partial charge in [-0.25, -0.2) is 0 Å². The SMILES string of the molecule is C=CC(=C)SCCSCC(CSC(=C)C=C)SCCSC. The van der Waals surface area contributed by atoms with Gasteiger partial charge in [0, 0.05) is 39.8 Å². The van der Waals surface area contributed by atoms with Crippen molar-refractivity contribution in [3.63, 3.8) is 0 Å². The van der Waals surface area contributed by atoms with Crippen LogP contribution in [0.2, 0.25) is 0 Å². The van der Waals surface area contributed by atoms with E-state index in [1.807, 2.05) is 47.4 Å². The van der Waals surface area contributed by atoms with Crippen molar-refractivity contribution in [2.45, 2.75) is 5.25 Å². The third kappa shape index (κ3) is 14.1. The Morgan fingerprint density at radius 1 is 0.905 bits per heavy atom. The predicted octanol–water partition coefficient (Wildman–Crippen LogP) is 6.05. The lowest BCUT2D eigenvalue weighted by atomic mass is 10.5. The van der Waals surface area contributed by atoms with Gasteiger partial charge in [0.2, 0.25) is 0 Å². The molecule has 1 atom stereocenters. The molecule has 1 unspecified atom stereocenters. The molecule has 0 aliphatic heterocycles. The summed E-state index contributed by atoms with van der Waals surface area (Å²) in [5.74, 6) is 7.08. The Kier molecular flexibility index (Phi) is 16.1. The molecular weight excluding hydrogens is 353 g/mol. The number of hydrogen-bond acceptors (Lipinski definition) is 5. The summed E-state index contributed by atoms with van der Waals surface area (Å²) in [5, 5.41) is 0.691. The molecule has 0 aromatic carbocycles. The van der Waals surface area contributed by atoms with Gasteiger partial charge in [-0.15, -0.1) is 23.5 Å². The molecule has 0 aromatic heterocycles. The molecule has 0 N–H and O–H groups in total. The fourth-order valence-electron chi connectivity index (χ4n) is 1.21. The van der Waals surface area contributed by atoms with E-state index >= 15 is 0 Å². The molecule has 0 aromatic rings. The van der Waals surface area contributed by atoms with Crippen LogP contribution in [0, 0.1) is 0 Å². The predicted molar refractivity (Wildman–Crippen MR) is 116 cm³/mol. The van der Waals surface area contributed by atoms with Crippen LogP contribution in [0.3, 0.4) is 0 Å². The average molecular weight is 379 g/mol. The molecule has 0 heterocycles. The van der Waals surface area contributed by atoms with Crippen molar-refractivity contribution in [3.05, 3.63) is 48.3 Å². The minimum atomic E-state index is 0.691. The first-order chi connectivity index (χ1) is 10.1. The Bertz CT molecular complexity index is 325. The summed E-state index contributed by atoms with van der Waals surface area (Å²) < 4.78 is 0. The van der Waals surface area contributed by atoms with Crippen LogP contribution in [-0.2, 0) is 0 Å². The van der Waals surface area contributed by atoms with Gasteiger partial charge >= 0.3 is 0 Å². The van der Waals surface area contributed by atoms with Crippen LogP contribution in [0.15, 0.2) is 48.3 Å². The zero-order valence-electron chi connectivity index (χ0n) is 12.8. The van der Waals surface area contributed by atoms with Gasteiger partial charge in [-0.05, 0) is 16.1 Å². The van der Waals surface area contributed by atoms with Crippen molar-refractivity contribution in [2.75, 3.05) is 40.8 Å². The van der Waals surface area contributed by atoms with Gasteiger partial charge in [-0.3, -0.25) is 0 Å². The normalized spacial score (nSPS) is 11.9. The molecule has 0 saturated heterocycles. The summed E-state index contributed by atoms with van der Waals surface area (Å²) in [6.07, 6.45) is 5.84.